The second-order valence-corrected chi connectivity index (χ2v) is 9.80. The Morgan fingerprint density at radius 3 is 2.61 bits per heavy atom. The van der Waals surface area contributed by atoms with Gasteiger partial charge in [-0.3, -0.25) is 4.79 Å². The number of rotatable bonds is 6. The van der Waals surface area contributed by atoms with Crippen molar-refractivity contribution in [2.24, 2.45) is 0 Å². The van der Waals surface area contributed by atoms with E-state index in [1.807, 2.05) is 19.0 Å². The van der Waals surface area contributed by atoms with E-state index in [4.69, 9.17) is 0 Å². The molecule has 28 heavy (non-hydrogen) atoms. The maximum absolute atomic E-state index is 12.7. The number of hydrogen-bond donors (Lipinski definition) is 1. The second kappa shape index (κ2) is 8.73. The molecule has 6 nitrogen and oxygen atoms in total. The third-order valence-corrected chi connectivity index (χ3v) is 7.30. The number of aromatic nitrogens is 1. The lowest BCUT2D eigenvalue weighted by Crippen LogP contribution is -2.25. The number of hydrogen-bond acceptors (Lipinski definition) is 5. The Bertz CT molecular complexity index is 935. The number of anilines is 2. The van der Waals surface area contributed by atoms with Crippen LogP contribution in [0.15, 0.2) is 42.6 Å². The van der Waals surface area contributed by atoms with Crippen molar-refractivity contribution >= 4 is 27.2 Å². The fraction of sp³-hybridized carbons (Fsp3) is 0.429. The Morgan fingerprint density at radius 2 is 1.89 bits per heavy atom. The van der Waals surface area contributed by atoms with Gasteiger partial charge in [-0.1, -0.05) is 31.4 Å². The minimum absolute atomic E-state index is 0.0153. The fourth-order valence-electron chi connectivity index (χ4n) is 3.52. The van der Waals surface area contributed by atoms with Crippen molar-refractivity contribution in [3.63, 3.8) is 0 Å². The average Bonchev–Trinajstić information content (AvgIpc) is 2.68. The Hall–Kier alpha value is -2.41. The van der Waals surface area contributed by atoms with E-state index >= 15 is 0 Å². The molecule has 7 heteroatoms. The van der Waals surface area contributed by atoms with Crippen LogP contribution in [0.25, 0.3) is 0 Å². The monoisotopic (exact) mass is 401 g/mol. The van der Waals surface area contributed by atoms with Gasteiger partial charge in [0.15, 0.2) is 9.84 Å². The molecular formula is C21H27N3O3S. The van der Waals surface area contributed by atoms with Gasteiger partial charge in [-0.2, -0.15) is 0 Å². The summed E-state index contributed by atoms with van der Waals surface area (Å²) >= 11 is 0. The van der Waals surface area contributed by atoms with Gasteiger partial charge < -0.3 is 10.2 Å². The number of nitrogens with zero attached hydrogens (tertiary/aromatic N) is 2. The van der Waals surface area contributed by atoms with E-state index in [0.29, 0.717) is 22.6 Å². The summed E-state index contributed by atoms with van der Waals surface area (Å²) in [4.78, 5) is 18.6. The number of nitrogens with one attached hydrogen (secondary N) is 1. The molecule has 1 N–H and O–H groups in total. The smallest absolute Gasteiger partial charge is 0.255 e. The van der Waals surface area contributed by atoms with Gasteiger partial charge >= 0.3 is 0 Å². The zero-order valence-electron chi connectivity index (χ0n) is 16.4. The van der Waals surface area contributed by atoms with E-state index in [2.05, 4.69) is 10.3 Å². The van der Waals surface area contributed by atoms with Crippen molar-refractivity contribution in [3.8, 4) is 0 Å². The molecule has 0 atom stereocenters. The molecule has 0 radical (unpaired) electrons. The highest BCUT2D eigenvalue weighted by Gasteiger charge is 2.27. The maximum atomic E-state index is 12.7. The Balaban J connectivity index is 1.71. The highest BCUT2D eigenvalue weighted by Crippen LogP contribution is 2.26. The Kier molecular flexibility index (Phi) is 6.34. The molecule has 1 aliphatic carbocycles. The van der Waals surface area contributed by atoms with Crippen LogP contribution >= 0.6 is 0 Å². The molecule has 2 aromatic rings. The Morgan fingerprint density at radius 1 is 1.14 bits per heavy atom. The number of pyridine rings is 1. The van der Waals surface area contributed by atoms with Gasteiger partial charge in [0.1, 0.15) is 5.82 Å². The van der Waals surface area contributed by atoms with Crippen LogP contribution < -0.4 is 10.2 Å². The zero-order chi connectivity index (χ0) is 20.1. The lowest BCUT2D eigenvalue weighted by atomic mass is 10.0. The topological polar surface area (TPSA) is 79.4 Å². The molecule has 1 aliphatic rings. The summed E-state index contributed by atoms with van der Waals surface area (Å²) in [5, 5.41) is 2.61. The fourth-order valence-corrected chi connectivity index (χ4v) is 5.45. The van der Waals surface area contributed by atoms with Crippen molar-refractivity contribution in [3.05, 3.63) is 53.7 Å². The number of benzene rings is 1. The zero-order valence-corrected chi connectivity index (χ0v) is 17.2. The highest BCUT2D eigenvalue weighted by molar-refractivity contribution is 7.91. The van der Waals surface area contributed by atoms with Gasteiger partial charge in [-0.25, -0.2) is 13.4 Å². The van der Waals surface area contributed by atoms with Crippen LogP contribution in [0.5, 0.6) is 0 Å². The summed E-state index contributed by atoms with van der Waals surface area (Å²) in [5.41, 5.74) is 1.79. The van der Waals surface area contributed by atoms with E-state index in [1.165, 1.54) is 0 Å². The summed E-state index contributed by atoms with van der Waals surface area (Å²) in [6.45, 7) is 0. The van der Waals surface area contributed by atoms with Gasteiger partial charge in [-0.05, 0) is 42.7 Å². The molecule has 0 aliphatic heterocycles. The minimum Gasteiger partial charge on any atom is -0.363 e. The molecule has 1 aromatic heterocycles. The van der Waals surface area contributed by atoms with E-state index in [9.17, 15) is 13.2 Å². The lowest BCUT2D eigenvalue weighted by Gasteiger charge is -2.21. The molecule has 150 valence electrons. The standard InChI is InChI=1S/C21H27N3O3S/c1-24(2)20-14-17(11-12-22-20)21(25)23-18-8-6-7-16(13-18)15-28(26,27)19-9-4-3-5-10-19/h6-8,11-14,19H,3-5,9-10,15H2,1-2H3,(H,23,25). The maximum Gasteiger partial charge on any atom is 0.255 e. The van der Waals surface area contributed by atoms with Crippen LogP contribution in [0.2, 0.25) is 0 Å². The van der Waals surface area contributed by atoms with Crippen molar-refractivity contribution in [1.29, 1.82) is 0 Å². The van der Waals surface area contributed by atoms with Gasteiger partial charge in [0.05, 0.1) is 11.0 Å². The third kappa shape index (κ3) is 5.10. The third-order valence-electron chi connectivity index (χ3n) is 5.08. The summed E-state index contributed by atoms with van der Waals surface area (Å²) < 4.78 is 25.4. The summed E-state index contributed by atoms with van der Waals surface area (Å²) in [6, 6.07) is 10.5. The number of carbonyl (C=O) groups is 1. The molecule has 1 saturated carbocycles. The number of amides is 1. The van der Waals surface area contributed by atoms with Crippen LogP contribution in [0.1, 0.15) is 48.0 Å². The molecular weight excluding hydrogens is 374 g/mol. The van der Waals surface area contributed by atoms with Crippen LogP contribution in [0.4, 0.5) is 11.5 Å². The summed E-state index contributed by atoms with van der Waals surface area (Å²) in [6.07, 6.45) is 6.21. The Labute approximate surface area is 166 Å². The van der Waals surface area contributed by atoms with Gasteiger partial charge in [0.25, 0.3) is 5.91 Å². The number of carbonyl (C=O) groups excluding carboxylic acids is 1. The highest BCUT2D eigenvalue weighted by atomic mass is 32.2. The first-order valence-corrected chi connectivity index (χ1v) is 11.3. The van der Waals surface area contributed by atoms with E-state index in [0.717, 1.165) is 32.1 Å². The molecule has 1 aromatic carbocycles. The molecule has 0 unspecified atom stereocenters. The number of sulfone groups is 1. The molecule has 0 bridgehead atoms. The molecule has 1 fully saturated rings. The SMILES string of the molecule is CN(C)c1cc(C(=O)Nc2cccc(CS(=O)(=O)C3CCCCC3)c2)ccn1. The predicted octanol–water partition coefficient (Wildman–Crippen LogP) is 3.65. The first-order valence-electron chi connectivity index (χ1n) is 9.60. The van der Waals surface area contributed by atoms with E-state index in [-0.39, 0.29) is 16.9 Å². The van der Waals surface area contributed by atoms with Crippen molar-refractivity contribution in [1.82, 2.24) is 4.98 Å². The van der Waals surface area contributed by atoms with E-state index in [1.54, 1.807) is 42.6 Å². The quantitative estimate of drug-likeness (QED) is 0.799. The minimum atomic E-state index is -3.18. The van der Waals surface area contributed by atoms with Crippen LogP contribution in [0, 0.1) is 0 Å². The van der Waals surface area contributed by atoms with Crippen molar-refractivity contribution in [2.45, 2.75) is 43.1 Å². The van der Waals surface area contributed by atoms with Crippen LogP contribution in [-0.2, 0) is 15.6 Å². The van der Waals surface area contributed by atoms with Crippen molar-refractivity contribution in [2.75, 3.05) is 24.3 Å². The molecule has 0 spiro atoms. The molecule has 1 amide bonds. The van der Waals surface area contributed by atoms with Crippen molar-refractivity contribution < 1.29 is 13.2 Å². The van der Waals surface area contributed by atoms with Crippen LogP contribution in [-0.4, -0.2) is 38.7 Å². The molecule has 0 saturated heterocycles. The summed E-state index contributed by atoms with van der Waals surface area (Å²) in [5.74, 6) is 0.458. The van der Waals surface area contributed by atoms with Crippen LogP contribution in [0.3, 0.4) is 0 Å². The normalized spacial score (nSPS) is 15.2. The largest absolute Gasteiger partial charge is 0.363 e. The van der Waals surface area contributed by atoms with E-state index < -0.39 is 9.84 Å². The average molecular weight is 402 g/mol. The molecule has 3 rings (SSSR count). The first kappa shape index (κ1) is 20.3. The van der Waals surface area contributed by atoms with Gasteiger partial charge in [-0.15, -0.1) is 0 Å². The predicted molar refractivity (Wildman–Crippen MR) is 112 cm³/mol. The second-order valence-electron chi connectivity index (χ2n) is 7.52. The summed E-state index contributed by atoms with van der Waals surface area (Å²) in [7, 11) is 0.547. The van der Waals surface area contributed by atoms with Gasteiger partial charge in [0.2, 0.25) is 0 Å². The van der Waals surface area contributed by atoms with Gasteiger partial charge in [0, 0.05) is 31.5 Å². The first-order chi connectivity index (χ1) is 13.3. The lowest BCUT2D eigenvalue weighted by molar-refractivity contribution is 0.102. The molecule has 1 heterocycles.